The fraction of sp³-hybridized carbons (Fsp3) is 0.970. The molecule has 9 nitrogen and oxygen atoms in total. The Bertz CT molecular complexity index is 1040. The quantitative estimate of drug-likeness (QED) is 0.365. The Morgan fingerprint density at radius 1 is 0.952 bits per heavy atom. The summed E-state index contributed by atoms with van der Waals surface area (Å²) in [6.45, 7) is 9.46. The molecule has 1 spiro atoms. The number of aliphatic hydroxyl groups is 4. The van der Waals surface area contributed by atoms with Crippen molar-refractivity contribution in [2.75, 3.05) is 13.2 Å². The number of aliphatic hydroxyl groups excluding tert-OH is 4. The molecule has 3 saturated heterocycles. The number of rotatable bonds is 3. The van der Waals surface area contributed by atoms with Gasteiger partial charge in [0, 0.05) is 30.1 Å². The minimum Gasteiger partial charge on any atom is -0.394 e. The first kappa shape index (κ1) is 30.0. The molecule has 7 aliphatic rings. The third-order valence-corrected chi connectivity index (χ3v) is 13.9. The lowest BCUT2D eigenvalue weighted by Crippen LogP contribution is -2.60. The normalized spacial score (nSPS) is 59.2. The van der Waals surface area contributed by atoms with Gasteiger partial charge in [0.05, 0.1) is 25.4 Å². The Labute approximate surface area is 249 Å². The van der Waals surface area contributed by atoms with Gasteiger partial charge in [0.2, 0.25) is 0 Å². The predicted molar refractivity (Wildman–Crippen MR) is 151 cm³/mol. The summed E-state index contributed by atoms with van der Waals surface area (Å²) in [5.41, 5.74) is -0.309. The smallest absolute Gasteiger partial charge is 0.186 e. The van der Waals surface area contributed by atoms with Gasteiger partial charge in [0.15, 0.2) is 12.1 Å². The number of Topliss-reactive ketones (excluding diaryl/α,β-unsaturated/α-hetero) is 1. The van der Waals surface area contributed by atoms with Gasteiger partial charge in [0.1, 0.15) is 30.2 Å². The molecule has 0 bridgehead atoms. The molecule has 0 amide bonds. The van der Waals surface area contributed by atoms with Crippen LogP contribution >= 0.6 is 0 Å². The molecule has 0 aromatic carbocycles. The monoisotopic (exact) mass is 592 g/mol. The molecule has 17 atom stereocenters. The summed E-state index contributed by atoms with van der Waals surface area (Å²) in [4.78, 5) is 14.3. The van der Waals surface area contributed by atoms with Gasteiger partial charge < -0.3 is 39.4 Å². The Morgan fingerprint density at radius 3 is 2.45 bits per heavy atom. The highest BCUT2D eigenvalue weighted by atomic mass is 16.7. The highest BCUT2D eigenvalue weighted by molar-refractivity contribution is 5.87. The highest BCUT2D eigenvalue weighted by Gasteiger charge is 2.71. The molecule has 42 heavy (non-hydrogen) atoms. The lowest BCUT2D eigenvalue weighted by atomic mass is 9.44. The minimum absolute atomic E-state index is 0.0448. The van der Waals surface area contributed by atoms with Crippen LogP contribution in [0, 0.1) is 52.3 Å². The van der Waals surface area contributed by atoms with Crippen molar-refractivity contribution in [3.05, 3.63) is 0 Å². The molecule has 0 aromatic heterocycles. The molecule has 3 aliphatic heterocycles. The van der Waals surface area contributed by atoms with Crippen LogP contribution in [-0.2, 0) is 23.7 Å². The lowest BCUT2D eigenvalue weighted by molar-refractivity contribution is -0.316. The fourth-order valence-corrected chi connectivity index (χ4v) is 11.4. The summed E-state index contributed by atoms with van der Waals surface area (Å²) in [6, 6.07) is 0. The van der Waals surface area contributed by atoms with E-state index >= 15 is 0 Å². The zero-order chi connectivity index (χ0) is 29.8. The van der Waals surface area contributed by atoms with E-state index in [0.717, 1.165) is 58.0 Å². The molecule has 4 aliphatic carbocycles. The van der Waals surface area contributed by atoms with Crippen molar-refractivity contribution in [3.8, 4) is 0 Å². The van der Waals surface area contributed by atoms with E-state index < -0.39 is 43.1 Å². The molecule has 4 saturated carbocycles. The van der Waals surface area contributed by atoms with Crippen LogP contribution in [0.25, 0.3) is 0 Å². The van der Waals surface area contributed by atoms with Crippen molar-refractivity contribution in [1.82, 2.24) is 0 Å². The van der Waals surface area contributed by atoms with Crippen molar-refractivity contribution >= 4 is 5.78 Å². The zero-order valence-corrected chi connectivity index (χ0v) is 25.7. The second-order valence-corrected chi connectivity index (χ2v) is 15.8. The van der Waals surface area contributed by atoms with Crippen LogP contribution in [0.5, 0.6) is 0 Å². The standard InChI is InChI=1S/C33H52O9/c1-16-7-10-33(39-15-16)17(2)26-23(42-33)12-22-20-6-5-18-11-19(40-30-29(38)28(37)27(36)24(14-34)41-30)8-9-31(18,3)21(20)13-25(35)32(22,26)4/h16-24,26-30,34,36-38H,5-15H2,1-4H3/t16?,17-,18?,19?,20+,21-,22-,23-,24+,26-,27-,28-,29+,30+,31-,32+,33+/m0/s1. The number of ether oxygens (including phenoxy) is 4. The summed E-state index contributed by atoms with van der Waals surface area (Å²) in [6.07, 6.45) is 2.04. The number of hydrogen-bond donors (Lipinski definition) is 4. The highest BCUT2D eigenvalue weighted by Crippen LogP contribution is 2.70. The second kappa shape index (κ2) is 10.4. The van der Waals surface area contributed by atoms with Crippen LogP contribution in [0.2, 0.25) is 0 Å². The first-order chi connectivity index (χ1) is 19.9. The molecule has 238 valence electrons. The zero-order valence-electron chi connectivity index (χ0n) is 25.7. The van der Waals surface area contributed by atoms with E-state index in [1.54, 1.807) is 0 Å². The minimum atomic E-state index is -1.44. The van der Waals surface area contributed by atoms with E-state index in [1.807, 2.05) is 0 Å². The number of carbonyl (C=O) groups excluding carboxylic acids is 1. The fourth-order valence-electron chi connectivity index (χ4n) is 11.4. The van der Waals surface area contributed by atoms with Gasteiger partial charge in [-0.05, 0) is 80.0 Å². The van der Waals surface area contributed by atoms with Gasteiger partial charge >= 0.3 is 0 Å². The average molecular weight is 593 g/mol. The van der Waals surface area contributed by atoms with E-state index in [0.29, 0.717) is 41.8 Å². The SMILES string of the molecule is CC1CC[C@@]2(OC1)O[C@H]1C[C@H]3[C@@H]4CCC5CC(O[C@@H]6O[C@H](CO)[C@H](O)[C@H](O)[C@H]6O)CC[C@]5(C)[C@H]4CC(=O)[C@]3(C)[C@H]1[C@@H]2C. The van der Waals surface area contributed by atoms with Crippen LogP contribution in [0.3, 0.4) is 0 Å². The molecular formula is C33H52O9. The third-order valence-electron chi connectivity index (χ3n) is 13.9. The Morgan fingerprint density at radius 2 is 1.74 bits per heavy atom. The molecule has 9 heteroatoms. The summed E-state index contributed by atoms with van der Waals surface area (Å²) in [7, 11) is 0. The maximum absolute atomic E-state index is 14.3. The van der Waals surface area contributed by atoms with E-state index in [-0.39, 0.29) is 34.9 Å². The molecule has 3 heterocycles. The van der Waals surface area contributed by atoms with Crippen molar-refractivity contribution in [1.29, 1.82) is 0 Å². The Balaban J connectivity index is 1.05. The molecule has 7 fully saturated rings. The molecular weight excluding hydrogens is 540 g/mol. The maximum atomic E-state index is 14.3. The average Bonchev–Trinajstić information content (AvgIpc) is 3.42. The van der Waals surface area contributed by atoms with Gasteiger partial charge in [-0.3, -0.25) is 4.79 Å². The summed E-state index contributed by atoms with van der Waals surface area (Å²) >= 11 is 0. The summed E-state index contributed by atoms with van der Waals surface area (Å²) < 4.78 is 25.1. The number of carbonyl (C=O) groups is 1. The number of hydrogen-bond acceptors (Lipinski definition) is 9. The lowest BCUT2D eigenvalue weighted by Gasteiger charge is -2.60. The van der Waals surface area contributed by atoms with Gasteiger partial charge in [-0.15, -0.1) is 0 Å². The van der Waals surface area contributed by atoms with Crippen LogP contribution < -0.4 is 0 Å². The molecule has 3 unspecified atom stereocenters. The van der Waals surface area contributed by atoms with Crippen molar-refractivity contribution in [2.24, 2.45) is 52.3 Å². The van der Waals surface area contributed by atoms with Gasteiger partial charge in [-0.2, -0.15) is 0 Å². The summed E-state index contributed by atoms with van der Waals surface area (Å²) in [5, 5.41) is 40.4. The topological polar surface area (TPSA) is 135 Å². The molecule has 0 radical (unpaired) electrons. The molecule has 7 rings (SSSR count). The Hall–Kier alpha value is -0.650. The van der Waals surface area contributed by atoms with Crippen molar-refractivity contribution in [2.45, 2.75) is 134 Å². The summed E-state index contributed by atoms with van der Waals surface area (Å²) in [5.74, 6) is 2.52. The van der Waals surface area contributed by atoms with Crippen LogP contribution in [0.1, 0.15) is 85.5 Å². The first-order valence-electron chi connectivity index (χ1n) is 16.7. The Kier molecular flexibility index (Phi) is 7.47. The van der Waals surface area contributed by atoms with Crippen molar-refractivity contribution in [3.63, 3.8) is 0 Å². The van der Waals surface area contributed by atoms with E-state index in [2.05, 4.69) is 27.7 Å². The van der Waals surface area contributed by atoms with Crippen molar-refractivity contribution < 1.29 is 44.2 Å². The van der Waals surface area contributed by atoms with Gasteiger partial charge in [-0.25, -0.2) is 0 Å². The number of ketones is 1. The largest absolute Gasteiger partial charge is 0.394 e. The van der Waals surface area contributed by atoms with Crippen LogP contribution in [0.4, 0.5) is 0 Å². The van der Waals surface area contributed by atoms with Gasteiger partial charge in [0.25, 0.3) is 0 Å². The second-order valence-electron chi connectivity index (χ2n) is 15.8. The first-order valence-corrected chi connectivity index (χ1v) is 16.7. The van der Waals surface area contributed by atoms with Crippen LogP contribution in [-0.4, -0.2) is 88.1 Å². The van der Waals surface area contributed by atoms with E-state index in [9.17, 15) is 25.2 Å². The predicted octanol–water partition coefficient (Wildman–Crippen LogP) is 2.80. The van der Waals surface area contributed by atoms with E-state index in [1.165, 1.54) is 0 Å². The van der Waals surface area contributed by atoms with Crippen LogP contribution in [0.15, 0.2) is 0 Å². The van der Waals surface area contributed by atoms with E-state index in [4.69, 9.17) is 18.9 Å². The molecule has 4 N–H and O–H groups in total. The van der Waals surface area contributed by atoms with Gasteiger partial charge in [-0.1, -0.05) is 27.7 Å². The third kappa shape index (κ3) is 4.20. The maximum Gasteiger partial charge on any atom is 0.186 e. The molecule has 0 aromatic rings. The number of fused-ring (bicyclic) bond motifs is 7.